The average Bonchev–Trinajstić information content (AvgIpc) is 2.74. The molecule has 0 radical (unpaired) electrons. The van der Waals surface area contributed by atoms with E-state index in [-0.39, 0.29) is 17.6 Å². The fraction of sp³-hybridized carbons (Fsp3) is 0.727. The van der Waals surface area contributed by atoms with Gasteiger partial charge in [-0.15, -0.1) is 0 Å². The highest BCUT2D eigenvalue weighted by Crippen LogP contribution is 2.22. The number of nitrogens with two attached hydrogens (primary N) is 1. The van der Waals surface area contributed by atoms with Crippen LogP contribution >= 0.6 is 0 Å². The number of aryl methyl sites for hydroxylation is 1. The Hall–Kier alpha value is -0.960. The fourth-order valence-electron chi connectivity index (χ4n) is 2.24. The molecule has 1 aliphatic rings. The minimum atomic E-state index is -3.56. The van der Waals surface area contributed by atoms with Crippen molar-refractivity contribution < 1.29 is 8.42 Å². The van der Waals surface area contributed by atoms with Crippen molar-refractivity contribution in [1.29, 1.82) is 0 Å². The Morgan fingerprint density at radius 3 is 2.74 bits per heavy atom. The zero-order valence-electron chi connectivity index (χ0n) is 11.5. The normalized spacial score (nSPS) is 22.8. The predicted molar refractivity (Wildman–Crippen MR) is 72.1 cm³/mol. The molecule has 1 aromatic heterocycles. The highest BCUT2D eigenvalue weighted by Gasteiger charge is 2.34. The third kappa shape index (κ3) is 2.53. The minimum absolute atomic E-state index is 0.0734. The molecule has 1 saturated heterocycles. The third-order valence-corrected chi connectivity index (χ3v) is 5.58. The number of rotatable bonds is 3. The first-order valence-electron chi connectivity index (χ1n) is 6.32. The van der Waals surface area contributed by atoms with E-state index in [4.69, 9.17) is 5.73 Å². The Balaban J connectivity index is 2.32. The second kappa shape index (κ2) is 5.20. The molecule has 2 rings (SSSR count). The fourth-order valence-corrected chi connectivity index (χ4v) is 3.93. The molecule has 0 saturated carbocycles. The number of likely N-dealkylation sites (N-methyl/N-ethyl adjacent to an activating group) is 1. The Morgan fingerprint density at radius 1 is 1.47 bits per heavy atom. The summed E-state index contributed by atoms with van der Waals surface area (Å²) in [6, 6.07) is 0.199. The van der Waals surface area contributed by atoms with Gasteiger partial charge in [0.05, 0.1) is 0 Å². The molecule has 1 fully saturated rings. The summed E-state index contributed by atoms with van der Waals surface area (Å²) < 4.78 is 26.7. The van der Waals surface area contributed by atoms with E-state index >= 15 is 0 Å². The maximum Gasteiger partial charge on any atom is 0.262 e. The first kappa shape index (κ1) is 14.4. The number of sulfonamides is 1. The SMILES string of the molecule is Cc1[nH]nc(S(=O)(=O)N2CCN(C)C(C)C2)c1CN. The predicted octanol–water partition coefficient (Wildman–Crippen LogP) is -0.499. The van der Waals surface area contributed by atoms with Gasteiger partial charge in [0.15, 0.2) is 5.03 Å². The van der Waals surface area contributed by atoms with E-state index in [9.17, 15) is 8.42 Å². The monoisotopic (exact) mass is 287 g/mol. The van der Waals surface area contributed by atoms with E-state index in [1.165, 1.54) is 4.31 Å². The van der Waals surface area contributed by atoms with Gasteiger partial charge in [0.2, 0.25) is 0 Å². The van der Waals surface area contributed by atoms with Gasteiger partial charge in [-0.05, 0) is 20.9 Å². The lowest BCUT2D eigenvalue weighted by atomic mass is 10.2. The van der Waals surface area contributed by atoms with Crippen LogP contribution in [-0.2, 0) is 16.6 Å². The summed E-state index contributed by atoms with van der Waals surface area (Å²) in [4.78, 5) is 2.14. The zero-order valence-corrected chi connectivity index (χ0v) is 12.4. The van der Waals surface area contributed by atoms with Crippen LogP contribution in [0.15, 0.2) is 5.03 Å². The van der Waals surface area contributed by atoms with Crippen LogP contribution in [0.2, 0.25) is 0 Å². The molecule has 7 nitrogen and oxygen atoms in total. The topological polar surface area (TPSA) is 95.3 Å². The van der Waals surface area contributed by atoms with Crippen LogP contribution in [0.25, 0.3) is 0 Å². The van der Waals surface area contributed by atoms with Crippen LogP contribution in [0.5, 0.6) is 0 Å². The van der Waals surface area contributed by atoms with Gasteiger partial charge in [0.1, 0.15) is 0 Å². The van der Waals surface area contributed by atoms with Crippen LogP contribution in [0.4, 0.5) is 0 Å². The van der Waals surface area contributed by atoms with Crippen molar-refractivity contribution in [3.8, 4) is 0 Å². The van der Waals surface area contributed by atoms with E-state index in [2.05, 4.69) is 15.1 Å². The average molecular weight is 287 g/mol. The largest absolute Gasteiger partial charge is 0.326 e. The number of nitrogens with one attached hydrogen (secondary N) is 1. The lowest BCUT2D eigenvalue weighted by Gasteiger charge is -2.36. The molecular formula is C11H21N5O2S. The van der Waals surface area contributed by atoms with E-state index in [1.807, 2.05) is 14.0 Å². The molecule has 1 atom stereocenters. The molecule has 19 heavy (non-hydrogen) atoms. The molecule has 2 heterocycles. The molecule has 0 amide bonds. The van der Waals surface area contributed by atoms with E-state index in [0.29, 0.717) is 24.3 Å². The quantitative estimate of drug-likeness (QED) is 0.781. The number of H-pyrrole nitrogens is 1. The molecule has 1 unspecified atom stereocenters. The van der Waals surface area contributed by atoms with E-state index in [0.717, 1.165) is 6.54 Å². The van der Waals surface area contributed by atoms with Gasteiger partial charge in [0, 0.05) is 43.5 Å². The number of aromatic amines is 1. The summed E-state index contributed by atoms with van der Waals surface area (Å²) in [5, 5.41) is 6.71. The number of nitrogens with zero attached hydrogens (tertiary/aromatic N) is 3. The van der Waals surface area contributed by atoms with Crippen LogP contribution in [0, 0.1) is 6.92 Å². The molecule has 0 bridgehead atoms. The van der Waals surface area contributed by atoms with Crippen molar-refractivity contribution in [3.05, 3.63) is 11.3 Å². The first-order chi connectivity index (χ1) is 8.87. The van der Waals surface area contributed by atoms with Crippen molar-refractivity contribution in [3.63, 3.8) is 0 Å². The molecule has 0 aromatic carbocycles. The number of hydrogen-bond donors (Lipinski definition) is 2. The van der Waals surface area contributed by atoms with Crippen molar-refractivity contribution in [2.45, 2.75) is 31.5 Å². The van der Waals surface area contributed by atoms with Gasteiger partial charge in [-0.1, -0.05) is 0 Å². The van der Waals surface area contributed by atoms with E-state index in [1.54, 1.807) is 6.92 Å². The molecule has 1 aromatic rings. The lowest BCUT2D eigenvalue weighted by molar-refractivity contribution is 0.159. The molecule has 1 aliphatic heterocycles. The zero-order chi connectivity index (χ0) is 14.2. The van der Waals surface area contributed by atoms with Gasteiger partial charge in [-0.3, -0.25) is 5.10 Å². The summed E-state index contributed by atoms with van der Waals surface area (Å²) >= 11 is 0. The second-order valence-corrected chi connectivity index (χ2v) is 6.88. The molecule has 108 valence electrons. The van der Waals surface area contributed by atoms with Gasteiger partial charge < -0.3 is 10.6 Å². The smallest absolute Gasteiger partial charge is 0.262 e. The van der Waals surface area contributed by atoms with Crippen LogP contribution in [0.3, 0.4) is 0 Å². The number of aromatic nitrogens is 2. The Morgan fingerprint density at radius 2 is 2.16 bits per heavy atom. The summed E-state index contributed by atoms with van der Waals surface area (Å²) in [6.45, 7) is 5.65. The summed E-state index contributed by atoms with van der Waals surface area (Å²) in [5.41, 5.74) is 6.91. The third-order valence-electron chi connectivity index (χ3n) is 3.75. The van der Waals surface area contributed by atoms with Crippen molar-refractivity contribution in [2.24, 2.45) is 5.73 Å². The van der Waals surface area contributed by atoms with Crippen LogP contribution in [0.1, 0.15) is 18.2 Å². The molecule has 8 heteroatoms. The van der Waals surface area contributed by atoms with Crippen molar-refractivity contribution in [1.82, 2.24) is 19.4 Å². The molecule has 0 spiro atoms. The molecule has 0 aliphatic carbocycles. The van der Waals surface area contributed by atoms with Crippen LogP contribution in [-0.4, -0.2) is 60.5 Å². The molecule has 3 N–H and O–H groups in total. The van der Waals surface area contributed by atoms with Gasteiger partial charge in [0.25, 0.3) is 10.0 Å². The Kier molecular flexibility index (Phi) is 3.95. The maximum atomic E-state index is 12.6. The van der Waals surface area contributed by atoms with Gasteiger partial charge in [-0.25, -0.2) is 8.42 Å². The van der Waals surface area contributed by atoms with Crippen LogP contribution < -0.4 is 5.73 Å². The van der Waals surface area contributed by atoms with Gasteiger partial charge >= 0.3 is 0 Å². The van der Waals surface area contributed by atoms with Crippen molar-refractivity contribution >= 4 is 10.0 Å². The number of piperazine rings is 1. The summed E-state index contributed by atoms with van der Waals surface area (Å²) in [5.74, 6) is 0. The standard InChI is InChI=1S/C11H21N5O2S/c1-8-7-16(5-4-15(8)3)19(17,18)11-10(6-12)9(2)13-14-11/h8H,4-7,12H2,1-3H3,(H,13,14). The van der Waals surface area contributed by atoms with Gasteiger partial charge in [-0.2, -0.15) is 9.40 Å². The lowest BCUT2D eigenvalue weighted by Crippen LogP contribution is -2.52. The first-order valence-corrected chi connectivity index (χ1v) is 7.76. The van der Waals surface area contributed by atoms with E-state index < -0.39 is 10.0 Å². The minimum Gasteiger partial charge on any atom is -0.326 e. The summed E-state index contributed by atoms with van der Waals surface area (Å²) in [6.07, 6.45) is 0. The highest BCUT2D eigenvalue weighted by molar-refractivity contribution is 7.89. The van der Waals surface area contributed by atoms with Crippen molar-refractivity contribution in [2.75, 3.05) is 26.7 Å². The summed E-state index contributed by atoms with van der Waals surface area (Å²) in [7, 11) is -1.56. The highest BCUT2D eigenvalue weighted by atomic mass is 32.2. The second-order valence-electron chi connectivity index (χ2n) is 5.03. The Labute approximate surface area is 113 Å². The number of hydrogen-bond acceptors (Lipinski definition) is 5. The maximum absolute atomic E-state index is 12.6. The molecular weight excluding hydrogens is 266 g/mol. The Bertz CT molecular complexity index is 553.